The third-order valence-electron chi connectivity index (χ3n) is 4.78. The molecule has 1 heterocycles. The highest BCUT2D eigenvalue weighted by atomic mass is 32.2. The Hall–Kier alpha value is -4.06. The lowest BCUT2D eigenvalue weighted by molar-refractivity contribution is -0.144. The average molecular weight is 490 g/mol. The normalized spacial score (nSPS) is 12.0. The fraction of sp³-hybridized carbons (Fsp3) is 0.0909. The maximum absolute atomic E-state index is 12.9. The predicted octanol–water partition coefficient (Wildman–Crippen LogP) is 4.58. The first-order chi connectivity index (χ1) is 15.9. The van der Waals surface area contributed by atoms with Crippen molar-refractivity contribution in [3.05, 3.63) is 72.1 Å². The average Bonchev–Trinajstić information content (AvgIpc) is 3.19. The number of hydrogen-bond donors (Lipinski definition) is 4. The lowest BCUT2D eigenvalue weighted by Crippen LogP contribution is -2.13. The summed E-state index contributed by atoms with van der Waals surface area (Å²) in [6.45, 7) is 0. The Morgan fingerprint density at radius 1 is 1.00 bits per heavy atom. The summed E-state index contributed by atoms with van der Waals surface area (Å²) in [7, 11) is -3.63. The number of sulfonamides is 1. The Morgan fingerprint density at radius 2 is 1.68 bits per heavy atom. The van der Waals surface area contributed by atoms with Crippen molar-refractivity contribution in [3.63, 3.8) is 0 Å². The molecular formula is C22H17F3N4O4S. The van der Waals surface area contributed by atoms with Gasteiger partial charge < -0.3 is 15.4 Å². The van der Waals surface area contributed by atoms with Gasteiger partial charge in [-0.2, -0.15) is 13.2 Å². The monoisotopic (exact) mass is 490 g/mol. The summed E-state index contributed by atoms with van der Waals surface area (Å²) in [5.74, 6) is -1.86. The van der Waals surface area contributed by atoms with Gasteiger partial charge in [0.2, 0.25) is 15.8 Å². The van der Waals surface area contributed by atoms with Gasteiger partial charge in [-0.3, -0.25) is 9.52 Å². The summed E-state index contributed by atoms with van der Waals surface area (Å²) in [6, 6.07) is 14.9. The molecule has 0 bridgehead atoms. The molecule has 0 spiro atoms. The van der Waals surface area contributed by atoms with Gasteiger partial charge in [-0.25, -0.2) is 13.4 Å². The molecule has 0 radical (unpaired) electrons. The number of benzene rings is 3. The SMILES string of the molecule is CS(=O)(=O)Nc1cc(NC(=O)c2ccc(-c3ccc4nc(C(F)(F)F)[nH]c4c3)cc2)ccc1O. The van der Waals surface area contributed by atoms with Crippen molar-refractivity contribution >= 4 is 38.3 Å². The number of aromatic nitrogens is 2. The van der Waals surface area contributed by atoms with E-state index in [2.05, 4.69) is 20.0 Å². The molecule has 0 fully saturated rings. The highest BCUT2D eigenvalue weighted by Gasteiger charge is 2.34. The van der Waals surface area contributed by atoms with E-state index >= 15 is 0 Å². The van der Waals surface area contributed by atoms with Crippen molar-refractivity contribution in [1.29, 1.82) is 0 Å². The van der Waals surface area contributed by atoms with E-state index in [1.807, 2.05) is 0 Å². The number of alkyl halides is 3. The van der Waals surface area contributed by atoms with Crippen LogP contribution in [0.5, 0.6) is 5.75 Å². The lowest BCUT2D eigenvalue weighted by atomic mass is 10.0. The van der Waals surface area contributed by atoms with Crippen LogP contribution in [0.1, 0.15) is 16.2 Å². The zero-order valence-corrected chi connectivity index (χ0v) is 18.3. The molecule has 4 rings (SSSR count). The molecule has 1 amide bonds. The zero-order chi connectivity index (χ0) is 24.7. The van der Waals surface area contributed by atoms with E-state index in [1.54, 1.807) is 36.4 Å². The number of phenolic OH excluding ortho intramolecular Hbond substituents is 1. The van der Waals surface area contributed by atoms with Crippen molar-refractivity contribution in [1.82, 2.24) is 9.97 Å². The number of fused-ring (bicyclic) bond motifs is 1. The molecule has 0 saturated carbocycles. The van der Waals surface area contributed by atoms with Gasteiger partial charge in [0.05, 0.1) is 23.0 Å². The Balaban J connectivity index is 1.52. The van der Waals surface area contributed by atoms with Gasteiger partial charge in [0.1, 0.15) is 5.75 Å². The number of imidazole rings is 1. The molecule has 4 aromatic rings. The van der Waals surface area contributed by atoms with Gasteiger partial charge in [-0.05, 0) is 53.6 Å². The highest BCUT2D eigenvalue weighted by molar-refractivity contribution is 7.92. The van der Waals surface area contributed by atoms with Gasteiger partial charge >= 0.3 is 6.18 Å². The van der Waals surface area contributed by atoms with Crippen LogP contribution in [0.2, 0.25) is 0 Å². The van der Waals surface area contributed by atoms with Crippen LogP contribution >= 0.6 is 0 Å². The Kier molecular flexibility index (Phi) is 5.69. The van der Waals surface area contributed by atoms with Gasteiger partial charge in [0.25, 0.3) is 5.91 Å². The van der Waals surface area contributed by atoms with E-state index in [9.17, 15) is 31.5 Å². The fourth-order valence-electron chi connectivity index (χ4n) is 3.24. The Bertz CT molecular complexity index is 1500. The molecule has 4 N–H and O–H groups in total. The summed E-state index contributed by atoms with van der Waals surface area (Å²) in [5, 5.41) is 12.4. The molecular weight excluding hydrogens is 473 g/mol. The minimum Gasteiger partial charge on any atom is -0.506 e. The van der Waals surface area contributed by atoms with E-state index < -0.39 is 27.9 Å². The predicted molar refractivity (Wildman–Crippen MR) is 121 cm³/mol. The summed E-state index contributed by atoms with van der Waals surface area (Å²) in [6.07, 6.45) is -3.65. The number of anilines is 2. The molecule has 8 nitrogen and oxygen atoms in total. The fourth-order valence-corrected chi connectivity index (χ4v) is 3.80. The maximum Gasteiger partial charge on any atom is 0.449 e. The van der Waals surface area contributed by atoms with Crippen molar-refractivity contribution < 1.29 is 31.5 Å². The second-order valence-corrected chi connectivity index (χ2v) is 9.20. The minimum atomic E-state index is -4.58. The third-order valence-corrected chi connectivity index (χ3v) is 5.37. The number of aromatic amines is 1. The second kappa shape index (κ2) is 8.37. The summed E-state index contributed by atoms with van der Waals surface area (Å²) in [5.41, 5.74) is 2.18. The maximum atomic E-state index is 12.9. The van der Waals surface area contributed by atoms with E-state index in [-0.39, 0.29) is 33.7 Å². The number of halogens is 3. The number of nitrogens with zero attached hydrogens (tertiary/aromatic N) is 1. The first kappa shape index (κ1) is 23.1. The third kappa shape index (κ3) is 5.12. The number of aromatic hydroxyl groups is 1. The first-order valence-corrected chi connectivity index (χ1v) is 11.6. The molecule has 0 saturated heterocycles. The highest BCUT2D eigenvalue weighted by Crippen LogP contribution is 2.31. The number of hydrogen-bond acceptors (Lipinski definition) is 5. The zero-order valence-electron chi connectivity index (χ0n) is 17.4. The van der Waals surface area contributed by atoms with Crippen molar-refractivity contribution in [2.24, 2.45) is 0 Å². The minimum absolute atomic E-state index is 0.0847. The molecule has 12 heteroatoms. The van der Waals surface area contributed by atoms with Crippen LogP contribution in [-0.2, 0) is 16.2 Å². The summed E-state index contributed by atoms with van der Waals surface area (Å²) in [4.78, 5) is 18.4. The van der Waals surface area contributed by atoms with E-state index in [4.69, 9.17) is 0 Å². The van der Waals surface area contributed by atoms with E-state index in [1.165, 1.54) is 24.3 Å². The van der Waals surface area contributed by atoms with Crippen molar-refractivity contribution in [3.8, 4) is 16.9 Å². The number of amides is 1. The Labute approximate surface area is 191 Å². The van der Waals surface area contributed by atoms with Crippen molar-refractivity contribution in [2.75, 3.05) is 16.3 Å². The van der Waals surface area contributed by atoms with Gasteiger partial charge in [-0.1, -0.05) is 18.2 Å². The topological polar surface area (TPSA) is 124 Å². The van der Waals surface area contributed by atoms with Crippen LogP contribution < -0.4 is 10.0 Å². The van der Waals surface area contributed by atoms with Crippen LogP contribution in [0.4, 0.5) is 24.5 Å². The Morgan fingerprint density at radius 3 is 2.32 bits per heavy atom. The smallest absolute Gasteiger partial charge is 0.449 e. The van der Waals surface area contributed by atoms with Crippen molar-refractivity contribution in [2.45, 2.75) is 6.18 Å². The number of nitrogens with one attached hydrogen (secondary N) is 3. The number of phenols is 1. The first-order valence-electron chi connectivity index (χ1n) is 9.69. The van der Waals surface area contributed by atoms with Gasteiger partial charge in [0.15, 0.2) is 0 Å². The van der Waals surface area contributed by atoms with E-state index in [0.29, 0.717) is 11.1 Å². The summed E-state index contributed by atoms with van der Waals surface area (Å²) < 4.78 is 63.6. The number of H-pyrrole nitrogens is 1. The van der Waals surface area contributed by atoms with Gasteiger partial charge in [0, 0.05) is 11.3 Å². The molecule has 0 unspecified atom stereocenters. The molecule has 0 aliphatic rings. The molecule has 176 valence electrons. The van der Waals surface area contributed by atoms with Crippen LogP contribution in [0.15, 0.2) is 60.7 Å². The molecule has 0 aliphatic carbocycles. The molecule has 0 atom stereocenters. The number of carbonyl (C=O) groups excluding carboxylic acids is 1. The molecule has 34 heavy (non-hydrogen) atoms. The van der Waals surface area contributed by atoms with Crippen LogP contribution in [0.3, 0.4) is 0 Å². The second-order valence-electron chi connectivity index (χ2n) is 7.45. The number of carbonyl (C=O) groups is 1. The standard InChI is InChI=1S/C22H17F3N4O4S/c1-34(32,33)29-18-11-15(7-9-19(18)30)26-20(31)13-4-2-12(3-5-13)14-6-8-16-17(10-14)28-21(27-16)22(23,24)25/h2-11,29-30H,1H3,(H,26,31)(H,27,28). The summed E-state index contributed by atoms with van der Waals surface area (Å²) >= 11 is 0. The molecule has 1 aromatic heterocycles. The lowest BCUT2D eigenvalue weighted by Gasteiger charge is -2.10. The van der Waals surface area contributed by atoms with Gasteiger partial charge in [-0.15, -0.1) is 0 Å². The number of rotatable bonds is 5. The van der Waals surface area contributed by atoms with E-state index in [0.717, 1.165) is 6.26 Å². The molecule has 0 aliphatic heterocycles. The molecule has 3 aromatic carbocycles. The van der Waals surface area contributed by atoms with Crippen LogP contribution in [-0.4, -0.2) is 35.7 Å². The quantitative estimate of drug-likeness (QED) is 0.241. The largest absolute Gasteiger partial charge is 0.506 e. The van der Waals surface area contributed by atoms with Crippen LogP contribution in [0, 0.1) is 0 Å². The van der Waals surface area contributed by atoms with Crippen LogP contribution in [0.25, 0.3) is 22.2 Å².